The topological polar surface area (TPSA) is 55.2 Å². The highest BCUT2D eigenvalue weighted by Gasteiger charge is 2.11. The smallest absolute Gasteiger partial charge is 0.293 e. The number of para-hydroxylation sites is 2. The minimum Gasteiger partial charge on any atom is -0.320 e. The summed E-state index contributed by atoms with van der Waals surface area (Å²) in [4.78, 5) is 11.4. The first-order chi connectivity index (χ1) is 8.27. The summed E-state index contributed by atoms with van der Waals surface area (Å²) < 4.78 is 2.99. The van der Waals surface area contributed by atoms with Crippen LogP contribution in [0, 0.1) is 10.1 Å². The average Bonchev–Trinajstić information content (AvgIpc) is 2.38. The van der Waals surface area contributed by atoms with Crippen molar-refractivity contribution in [1.29, 1.82) is 0 Å². The van der Waals surface area contributed by atoms with E-state index in [9.17, 15) is 10.1 Å². The van der Waals surface area contributed by atoms with Gasteiger partial charge in [0.1, 0.15) is 5.69 Å². The van der Waals surface area contributed by atoms with Gasteiger partial charge in [0, 0.05) is 11.0 Å². The van der Waals surface area contributed by atoms with Crippen molar-refractivity contribution >= 4 is 23.3 Å². The second-order valence-corrected chi connectivity index (χ2v) is 4.17. The van der Waals surface area contributed by atoms with Gasteiger partial charge in [-0.05, 0) is 30.1 Å². The molecule has 86 valence electrons. The molecule has 0 fully saturated rings. The van der Waals surface area contributed by atoms with Crippen molar-refractivity contribution in [3.63, 3.8) is 0 Å². The second-order valence-electron chi connectivity index (χ2n) is 3.29. The van der Waals surface area contributed by atoms with Crippen molar-refractivity contribution in [2.45, 2.75) is 4.90 Å². The predicted molar refractivity (Wildman–Crippen MR) is 69.0 cm³/mol. The van der Waals surface area contributed by atoms with E-state index in [-0.39, 0.29) is 5.69 Å². The lowest BCUT2D eigenvalue weighted by Crippen LogP contribution is -1.94. The maximum Gasteiger partial charge on any atom is 0.293 e. The fourth-order valence-corrected chi connectivity index (χ4v) is 2.02. The van der Waals surface area contributed by atoms with Crippen molar-refractivity contribution in [2.75, 3.05) is 4.72 Å². The number of rotatable bonds is 4. The Bertz CT molecular complexity index is 517. The molecule has 0 radical (unpaired) electrons. The van der Waals surface area contributed by atoms with E-state index in [0.29, 0.717) is 5.69 Å². The Labute approximate surface area is 103 Å². The van der Waals surface area contributed by atoms with Crippen molar-refractivity contribution in [3.8, 4) is 0 Å². The van der Waals surface area contributed by atoms with Gasteiger partial charge in [0.05, 0.1) is 4.92 Å². The maximum absolute atomic E-state index is 10.8. The molecule has 0 saturated heterocycles. The minimum atomic E-state index is -0.395. The van der Waals surface area contributed by atoms with Crippen molar-refractivity contribution in [2.24, 2.45) is 0 Å². The third-order valence-electron chi connectivity index (χ3n) is 2.12. The van der Waals surface area contributed by atoms with Gasteiger partial charge in [-0.3, -0.25) is 10.1 Å². The molecule has 0 spiro atoms. The van der Waals surface area contributed by atoms with Crippen LogP contribution in [-0.2, 0) is 0 Å². The van der Waals surface area contributed by atoms with E-state index in [0.717, 1.165) is 4.90 Å². The zero-order valence-corrected chi connectivity index (χ0v) is 9.68. The first-order valence-electron chi connectivity index (χ1n) is 4.99. The van der Waals surface area contributed by atoms with Crippen LogP contribution in [0.25, 0.3) is 0 Å². The Balaban J connectivity index is 2.12. The summed E-state index contributed by atoms with van der Waals surface area (Å²) in [6, 6.07) is 16.2. The summed E-state index contributed by atoms with van der Waals surface area (Å²) in [7, 11) is 0. The molecular formula is C12H10N2O2S. The first kappa shape index (κ1) is 11.5. The molecule has 2 aromatic rings. The standard InChI is InChI=1S/C12H10N2O2S/c15-14(16)12-9-5-4-8-11(12)13-17-10-6-2-1-3-7-10/h1-9,13H. The normalized spacial score (nSPS) is 9.88. The zero-order chi connectivity index (χ0) is 12.1. The van der Waals surface area contributed by atoms with Crippen molar-refractivity contribution in [1.82, 2.24) is 0 Å². The molecule has 17 heavy (non-hydrogen) atoms. The molecule has 2 rings (SSSR count). The number of benzene rings is 2. The van der Waals surface area contributed by atoms with Crippen LogP contribution in [0.3, 0.4) is 0 Å². The Morgan fingerprint density at radius 3 is 2.35 bits per heavy atom. The van der Waals surface area contributed by atoms with E-state index in [1.54, 1.807) is 18.2 Å². The molecule has 0 aliphatic heterocycles. The molecule has 0 unspecified atom stereocenters. The lowest BCUT2D eigenvalue weighted by Gasteiger charge is -2.05. The summed E-state index contributed by atoms with van der Waals surface area (Å²) in [5.74, 6) is 0. The van der Waals surface area contributed by atoms with Gasteiger partial charge in [0.15, 0.2) is 0 Å². The zero-order valence-electron chi connectivity index (χ0n) is 8.87. The number of anilines is 1. The number of hydrogen-bond acceptors (Lipinski definition) is 4. The Kier molecular flexibility index (Phi) is 3.62. The average molecular weight is 246 g/mol. The summed E-state index contributed by atoms with van der Waals surface area (Å²) >= 11 is 1.35. The lowest BCUT2D eigenvalue weighted by atomic mass is 10.3. The van der Waals surface area contributed by atoms with Crippen LogP contribution in [0.15, 0.2) is 59.5 Å². The van der Waals surface area contributed by atoms with Crippen LogP contribution >= 0.6 is 11.9 Å². The van der Waals surface area contributed by atoms with E-state index in [2.05, 4.69) is 4.72 Å². The molecule has 0 atom stereocenters. The molecule has 0 saturated carbocycles. The molecule has 0 heterocycles. The van der Waals surface area contributed by atoms with E-state index < -0.39 is 4.92 Å². The molecule has 0 bridgehead atoms. The molecule has 2 aromatic carbocycles. The fourth-order valence-electron chi connectivity index (χ4n) is 1.32. The van der Waals surface area contributed by atoms with E-state index in [1.165, 1.54) is 18.0 Å². The van der Waals surface area contributed by atoms with Gasteiger partial charge in [0.25, 0.3) is 5.69 Å². The summed E-state index contributed by atoms with van der Waals surface area (Å²) in [6.45, 7) is 0. The van der Waals surface area contributed by atoms with Crippen molar-refractivity contribution in [3.05, 3.63) is 64.7 Å². The summed E-state index contributed by atoms with van der Waals surface area (Å²) in [5.41, 5.74) is 0.585. The van der Waals surface area contributed by atoms with Gasteiger partial charge in [-0.25, -0.2) is 0 Å². The van der Waals surface area contributed by atoms with Crippen LogP contribution in [0.4, 0.5) is 11.4 Å². The van der Waals surface area contributed by atoms with Gasteiger partial charge in [-0.1, -0.05) is 30.3 Å². The van der Waals surface area contributed by atoms with Crippen LogP contribution in [0.2, 0.25) is 0 Å². The highest BCUT2D eigenvalue weighted by atomic mass is 32.2. The Morgan fingerprint density at radius 1 is 1.00 bits per heavy atom. The number of nitrogens with one attached hydrogen (secondary N) is 1. The molecule has 0 aliphatic rings. The molecule has 4 nitrogen and oxygen atoms in total. The predicted octanol–water partition coefficient (Wildman–Crippen LogP) is 3.71. The number of hydrogen-bond donors (Lipinski definition) is 1. The van der Waals surface area contributed by atoms with Gasteiger partial charge in [-0.2, -0.15) is 0 Å². The molecule has 0 aliphatic carbocycles. The highest BCUT2D eigenvalue weighted by molar-refractivity contribution is 8.00. The molecular weight excluding hydrogens is 236 g/mol. The first-order valence-corrected chi connectivity index (χ1v) is 5.80. The third-order valence-corrected chi connectivity index (χ3v) is 2.95. The molecule has 0 amide bonds. The van der Waals surface area contributed by atoms with Crippen LogP contribution in [0.1, 0.15) is 0 Å². The monoisotopic (exact) mass is 246 g/mol. The molecule has 5 heteroatoms. The van der Waals surface area contributed by atoms with Gasteiger partial charge >= 0.3 is 0 Å². The van der Waals surface area contributed by atoms with Crippen LogP contribution < -0.4 is 4.72 Å². The van der Waals surface area contributed by atoms with Crippen molar-refractivity contribution < 1.29 is 4.92 Å². The summed E-state index contributed by atoms with van der Waals surface area (Å²) in [5, 5.41) is 10.8. The lowest BCUT2D eigenvalue weighted by molar-refractivity contribution is -0.383. The van der Waals surface area contributed by atoms with Crippen LogP contribution in [-0.4, -0.2) is 4.92 Å². The second kappa shape index (κ2) is 5.36. The Hall–Kier alpha value is -2.01. The molecule has 1 N–H and O–H groups in total. The van der Waals surface area contributed by atoms with Gasteiger partial charge < -0.3 is 4.72 Å². The largest absolute Gasteiger partial charge is 0.320 e. The molecule has 0 aromatic heterocycles. The number of nitrogens with zero attached hydrogens (tertiary/aromatic N) is 1. The maximum atomic E-state index is 10.8. The van der Waals surface area contributed by atoms with Gasteiger partial charge in [-0.15, -0.1) is 0 Å². The Morgan fingerprint density at radius 2 is 1.65 bits per heavy atom. The minimum absolute atomic E-state index is 0.0796. The van der Waals surface area contributed by atoms with E-state index in [1.807, 2.05) is 30.3 Å². The third kappa shape index (κ3) is 2.98. The fraction of sp³-hybridized carbons (Fsp3) is 0. The van der Waals surface area contributed by atoms with Gasteiger partial charge in [0.2, 0.25) is 0 Å². The summed E-state index contributed by atoms with van der Waals surface area (Å²) in [6.07, 6.45) is 0. The van der Waals surface area contributed by atoms with Crippen LogP contribution in [0.5, 0.6) is 0 Å². The number of nitro groups is 1. The van der Waals surface area contributed by atoms with E-state index >= 15 is 0 Å². The van der Waals surface area contributed by atoms with E-state index in [4.69, 9.17) is 0 Å². The quantitative estimate of drug-likeness (QED) is 0.507. The highest BCUT2D eigenvalue weighted by Crippen LogP contribution is 2.28. The SMILES string of the molecule is O=[N+]([O-])c1ccccc1NSc1ccccc1. The number of nitro benzene ring substituents is 1.